The fourth-order valence-electron chi connectivity index (χ4n) is 2.86. The second-order valence-electron chi connectivity index (χ2n) is 7.05. The Kier molecular flexibility index (Phi) is 8.82. The fourth-order valence-corrected chi connectivity index (χ4v) is 3.65. The number of carbonyl (C=O) groups is 3. The van der Waals surface area contributed by atoms with E-state index in [0.29, 0.717) is 32.2 Å². The van der Waals surface area contributed by atoms with E-state index in [1.807, 2.05) is 12.1 Å². The summed E-state index contributed by atoms with van der Waals surface area (Å²) in [7, 11) is 1.50. The van der Waals surface area contributed by atoms with E-state index in [-0.39, 0.29) is 12.2 Å². The number of hydrazone groups is 1. The van der Waals surface area contributed by atoms with Crippen LogP contribution in [-0.2, 0) is 16.2 Å². The SMILES string of the molecule is COc1cc(C=NNC(=O)C(=O)Nc2ccc(C(N)=O)cc2)cc(Br)c1OCc1cccc(Cl)c1. The number of hydrogen-bond acceptors (Lipinski definition) is 6. The third-order valence-electron chi connectivity index (χ3n) is 4.54. The third-order valence-corrected chi connectivity index (χ3v) is 5.36. The van der Waals surface area contributed by atoms with Gasteiger partial charge in [0, 0.05) is 16.3 Å². The second kappa shape index (κ2) is 12.0. The first-order valence-electron chi connectivity index (χ1n) is 10.1. The Morgan fingerprint density at radius 2 is 1.83 bits per heavy atom. The summed E-state index contributed by atoms with van der Waals surface area (Å²) in [6.07, 6.45) is 1.35. The van der Waals surface area contributed by atoms with Gasteiger partial charge in [-0.15, -0.1) is 0 Å². The van der Waals surface area contributed by atoms with E-state index in [4.69, 9.17) is 26.8 Å². The zero-order valence-electron chi connectivity index (χ0n) is 18.4. The van der Waals surface area contributed by atoms with Crippen molar-refractivity contribution >= 4 is 57.2 Å². The normalized spacial score (nSPS) is 10.6. The van der Waals surface area contributed by atoms with Gasteiger partial charge >= 0.3 is 11.8 Å². The predicted molar refractivity (Wildman–Crippen MR) is 136 cm³/mol. The smallest absolute Gasteiger partial charge is 0.329 e. The molecular weight excluding hydrogens is 540 g/mol. The third kappa shape index (κ3) is 7.29. The molecule has 0 aliphatic rings. The highest BCUT2D eigenvalue weighted by Crippen LogP contribution is 2.37. The van der Waals surface area contributed by atoms with Gasteiger partial charge in [-0.3, -0.25) is 14.4 Å². The Hall–Kier alpha value is -3.89. The maximum Gasteiger partial charge on any atom is 0.329 e. The number of ether oxygens (including phenoxy) is 2. The van der Waals surface area contributed by atoms with Gasteiger partial charge in [-0.25, -0.2) is 5.43 Å². The van der Waals surface area contributed by atoms with Crippen molar-refractivity contribution in [3.8, 4) is 11.5 Å². The average molecular weight is 560 g/mol. The lowest BCUT2D eigenvalue weighted by molar-refractivity contribution is -0.136. The lowest BCUT2D eigenvalue weighted by Gasteiger charge is -2.13. The summed E-state index contributed by atoms with van der Waals surface area (Å²) < 4.78 is 11.9. The lowest BCUT2D eigenvalue weighted by Crippen LogP contribution is -2.32. The molecule has 0 saturated carbocycles. The van der Waals surface area contributed by atoms with Gasteiger partial charge in [-0.05, 0) is 75.6 Å². The minimum absolute atomic E-state index is 0.277. The van der Waals surface area contributed by atoms with Crippen LogP contribution in [0.2, 0.25) is 5.02 Å². The second-order valence-corrected chi connectivity index (χ2v) is 8.34. The summed E-state index contributed by atoms with van der Waals surface area (Å²) in [4.78, 5) is 35.2. The van der Waals surface area contributed by atoms with Crippen LogP contribution in [0.5, 0.6) is 11.5 Å². The number of nitrogens with one attached hydrogen (secondary N) is 2. The molecule has 0 atom stereocenters. The largest absolute Gasteiger partial charge is 0.493 e. The lowest BCUT2D eigenvalue weighted by atomic mass is 10.2. The molecule has 0 unspecified atom stereocenters. The zero-order valence-corrected chi connectivity index (χ0v) is 20.7. The van der Waals surface area contributed by atoms with Gasteiger partial charge < -0.3 is 20.5 Å². The van der Waals surface area contributed by atoms with Gasteiger partial charge in [-0.2, -0.15) is 5.10 Å². The number of anilines is 1. The first-order chi connectivity index (χ1) is 16.8. The molecule has 0 aliphatic carbocycles. The number of carbonyl (C=O) groups excluding carboxylic acids is 3. The summed E-state index contributed by atoms with van der Waals surface area (Å²) in [5.74, 6) is -1.59. The number of amides is 3. The van der Waals surface area contributed by atoms with Crippen LogP contribution in [0.3, 0.4) is 0 Å². The van der Waals surface area contributed by atoms with Crippen LogP contribution in [0.1, 0.15) is 21.5 Å². The summed E-state index contributed by atoms with van der Waals surface area (Å²) >= 11 is 9.46. The number of benzene rings is 3. The van der Waals surface area contributed by atoms with Gasteiger partial charge in [-0.1, -0.05) is 23.7 Å². The molecule has 0 aromatic heterocycles. The highest BCUT2D eigenvalue weighted by Gasteiger charge is 2.14. The molecule has 0 radical (unpaired) electrons. The molecule has 9 nitrogen and oxygen atoms in total. The summed E-state index contributed by atoms with van der Waals surface area (Å²) in [5.41, 5.74) is 9.38. The van der Waals surface area contributed by atoms with Crippen LogP contribution in [0, 0.1) is 0 Å². The Labute approximate surface area is 214 Å². The van der Waals surface area contributed by atoms with Crippen molar-refractivity contribution < 1.29 is 23.9 Å². The summed E-state index contributed by atoms with van der Waals surface area (Å²) in [5, 5.41) is 6.82. The minimum Gasteiger partial charge on any atom is -0.493 e. The number of nitrogens with zero attached hydrogens (tertiary/aromatic N) is 1. The maximum absolute atomic E-state index is 12.0. The molecule has 0 spiro atoms. The van der Waals surface area contributed by atoms with Crippen molar-refractivity contribution in [1.82, 2.24) is 5.43 Å². The number of primary amides is 1. The summed E-state index contributed by atoms with van der Waals surface area (Å²) in [6.45, 7) is 0.277. The van der Waals surface area contributed by atoms with E-state index in [1.54, 1.807) is 24.3 Å². The number of halogens is 2. The fraction of sp³-hybridized carbons (Fsp3) is 0.0833. The average Bonchev–Trinajstić information content (AvgIpc) is 2.83. The standard InChI is InChI=1S/C24H20BrClN4O5/c1-34-20-11-15(10-19(25)21(20)35-13-14-3-2-4-17(26)9-14)12-28-30-24(33)23(32)29-18-7-5-16(6-8-18)22(27)31/h2-12H,13H2,1H3,(H2,27,31)(H,29,32)(H,30,33). The Bertz CT molecular complexity index is 1280. The first-order valence-corrected chi connectivity index (χ1v) is 11.2. The Morgan fingerprint density at radius 3 is 2.49 bits per heavy atom. The highest BCUT2D eigenvalue weighted by molar-refractivity contribution is 9.10. The molecule has 180 valence electrons. The van der Waals surface area contributed by atoms with E-state index in [0.717, 1.165) is 5.56 Å². The molecule has 3 aromatic rings. The van der Waals surface area contributed by atoms with E-state index < -0.39 is 17.7 Å². The highest BCUT2D eigenvalue weighted by atomic mass is 79.9. The number of rotatable bonds is 8. The van der Waals surface area contributed by atoms with Crippen LogP contribution >= 0.6 is 27.5 Å². The molecule has 3 rings (SSSR count). The molecule has 11 heteroatoms. The molecule has 0 heterocycles. The number of methoxy groups -OCH3 is 1. The van der Waals surface area contributed by atoms with Crippen molar-refractivity contribution in [3.63, 3.8) is 0 Å². The van der Waals surface area contributed by atoms with Crippen molar-refractivity contribution in [2.24, 2.45) is 10.8 Å². The van der Waals surface area contributed by atoms with Crippen LogP contribution in [0.15, 0.2) is 70.2 Å². The monoisotopic (exact) mass is 558 g/mol. The zero-order chi connectivity index (χ0) is 25.4. The number of hydrogen-bond donors (Lipinski definition) is 3. The van der Waals surface area contributed by atoms with Crippen molar-refractivity contribution in [2.45, 2.75) is 6.61 Å². The molecule has 0 fully saturated rings. The van der Waals surface area contributed by atoms with E-state index in [2.05, 4.69) is 31.8 Å². The molecule has 4 N–H and O–H groups in total. The van der Waals surface area contributed by atoms with E-state index in [1.165, 1.54) is 37.6 Å². The Morgan fingerprint density at radius 1 is 1.09 bits per heavy atom. The van der Waals surface area contributed by atoms with E-state index in [9.17, 15) is 14.4 Å². The van der Waals surface area contributed by atoms with Crippen LogP contribution in [-0.4, -0.2) is 31.0 Å². The molecular formula is C24H20BrClN4O5. The minimum atomic E-state index is -0.979. The predicted octanol–water partition coefficient (Wildman–Crippen LogP) is 3.88. The molecule has 0 bridgehead atoms. The van der Waals surface area contributed by atoms with Gasteiger partial charge in [0.2, 0.25) is 5.91 Å². The van der Waals surface area contributed by atoms with Crippen LogP contribution < -0.4 is 25.9 Å². The quantitative estimate of drug-likeness (QED) is 0.219. The number of nitrogens with two attached hydrogens (primary N) is 1. The van der Waals surface area contributed by atoms with Crippen molar-refractivity contribution in [2.75, 3.05) is 12.4 Å². The molecule has 35 heavy (non-hydrogen) atoms. The summed E-state index contributed by atoms with van der Waals surface area (Å²) in [6, 6.07) is 16.5. The van der Waals surface area contributed by atoms with Gasteiger partial charge in [0.15, 0.2) is 11.5 Å². The maximum atomic E-state index is 12.0. The molecule has 3 amide bonds. The molecule has 0 aliphatic heterocycles. The first kappa shape index (κ1) is 25.7. The van der Waals surface area contributed by atoms with Crippen LogP contribution in [0.4, 0.5) is 5.69 Å². The van der Waals surface area contributed by atoms with Crippen molar-refractivity contribution in [3.05, 3.63) is 86.8 Å². The molecule has 3 aromatic carbocycles. The van der Waals surface area contributed by atoms with Crippen molar-refractivity contribution in [1.29, 1.82) is 0 Å². The molecule has 0 saturated heterocycles. The van der Waals surface area contributed by atoms with Gasteiger partial charge in [0.05, 0.1) is 17.8 Å². The van der Waals surface area contributed by atoms with Gasteiger partial charge in [0.1, 0.15) is 6.61 Å². The topological polar surface area (TPSA) is 132 Å². The Balaban J connectivity index is 1.60. The van der Waals surface area contributed by atoms with Gasteiger partial charge in [0.25, 0.3) is 0 Å². The van der Waals surface area contributed by atoms with E-state index >= 15 is 0 Å². The van der Waals surface area contributed by atoms with Crippen LogP contribution in [0.25, 0.3) is 0 Å².